The van der Waals surface area contributed by atoms with Crippen molar-refractivity contribution < 1.29 is 4.79 Å². The molecular formula is C15H21N5O. The Balaban J connectivity index is 2.01. The third-order valence-electron chi connectivity index (χ3n) is 3.66. The Labute approximate surface area is 125 Å². The van der Waals surface area contributed by atoms with Gasteiger partial charge in [-0.15, -0.1) is 5.10 Å². The van der Waals surface area contributed by atoms with Crippen LogP contribution in [0.25, 0.3) is 0 Å². The van der Waals surface area contributed by atoms with Crippen molar-refractivity contribution >= 4 is 11.7 Å². The van der Waals surface area contributed by atoms with Crippen molar-refractivity contribution in [2.45, 2.75) is 39.5 Å². The first-order valence-electron chi connectivity index (χ1n) is 7.48. The number of carbonyl (C=O) groups excluding carboxylic acids is 1. The Morgan fingerprint density at radius 3 is 2.67 bits per heavy atom. The van der Waals surface area contributed by atoms with Gasteiger partial charge in [-0.1, -0.05) is 13.8 Å². The smallest absolute Gasteiger partial charge is 0.239 e. The average Bonchev–Trinajstić information content (AvgIpc) is 3.33. The molecule has 0 saturated heterocycles. The molecule has 1 aromatic rings. The van der Waals surface area contributed by atoms with E-state index in [4.69, 9.17) is 0 Å². The number of carbonyl (C=O) groups is 1. The molecule has 1 aliphatic carbocycles. The third-order valence-corrected chi connectivity index (χ3v) is 3.66. The van der Waals surface area contributed by atoms with Crippen LogP contribution in [0.3, 0.4) is 0 Å². The second-order valence-electron chi connectivity index (χ2n) is 5.27. The summed E-state index contributed by atoms with van der Waals surface area (Å²) in [7, 11) is 0. The Kier molecular flexibility index (Phi) is 5.09. The first-order valence-corrected chi connectivity index (χ1v) is 7.48. The lowest BCUT2D eigenvalue weighted by molar-refractivity contribution is -0.119. The van der Waals surface area contributed by atoms with E-state index >= 15 is 0 Å². The fourth-order valence-electron chi connectivity index (χ4n) is 2.22. The molecule has 0 atom stereocenters. The van der Waals surface area contributed by atoms with E-state index in [1.54, 1.807) is 0 Å². The summed E-state index contributed by atoms with van der Waals surface area (Å²) in [6.45, 7) is 4.84. The molecule has 1 amide bonds. The molecule has 0 spiro atoms. The van der Waals surface area contributed by atoms with Crippen LogP contribution < -0.4 is 10.6 Å². The quantitative estimate of drug-likeness (QED) is 0.791. The summed E-state index contributed by atoms with van der Waals surface area (Å²) in [5, 5.41) is 23.3. The van der Waals surface area contributed by atoms with Crippen LogP contribution in [-0.2, 0) is 17.6 Å². The zero-order valence-corrected chi connectivity index (χ0v) is 12.6. The zero-order chi connectivity index (χ0) is 15.2. The number of rotatable bonds is 7. The fraction of sp³-hybridized carbons (Fsp3) is 0.600. The number of aryl methyl sites for hydroxylation is 1. The van der Waals surface area contributed by atoms with Gasteiger partial charge in [-0.2, -0.15) is 10.4 Å². The maximum Gasteiger partial charge on any atom is 0.239 e. The van der Waals surface area contributed by atoms with E-state index in [1.165, 1.54) is 12.8 Å². The van der Waals surface area contributed by atoms with Crippen LogP contribution in [0.15, 0.2) is 0 Å². The van der Waals surface area contributed by atoms with Gasteiger partial charge in [-0.25, -0.2) is 0 Å². The van der Waals surface area contributed by atoms with Gasteiger partial charge < -0.3 is 10.6 Å². The molecule has 1 aliphatic rings. The molecule has 2 N–H and O–H groups in total. The molecule has 1 saturated carbocycles. The summed E-state index contributed by atoms with van der Waals surface area (Å²) in [5.41, 5.74) is 2.26. The lowest BCUT2D eigenvalue weighted by Crippen LogP contribution is -2.31. The van der Waals surface area contributed by atoms with E-state index in [9.17, 15) is 10.1 Å². The summed E-state index contributed by atoms with van der Waals surface area (Å²) in [6, 6.07) is 2.18. The lowest BCUT2D eigenvalue weighted by Gasteiger charge is -2.12. The Bertz CT molecular complexity index is 560. The van der Waals surface area contributed by atoms with Crippen molar-refractivity contribution in [3.05, 3.63) is 16.8 Å². The molecule has 1 aromatic heterocycles. The maximum atomic E-state index is 11.7. The maximum absolute atomic E-state index is 11.7. The molecule has 0 aromatic carbocycles. The minimum absolute atomic E-state index is 0.0785. The first kappa shape index (κ1) is 15.2. The van der Waals surface area contributed by atoms with Crippen molar-refractivity contribution in [1.29, 1.82) is 5.26 Å². The van der Waals surface area contributed by atoms with Crippen LogP contribution >= 0.6 is 0 Å². The van der Waals surface area contributed by atoms with E-state index in [-0.39, 0.29) is 12.5 Å². The SMILES string of the molecule is CCc1nnc(NCC(=O)NCC2CC2)c(C#N)c1CC. The van der Waals surface area contributed by atoms with Crippen molar-refractivity contribution in [1.82, 2.24) is 15.5 Å². The zero-order valence-electron chi connectivity index (χ0n) is 12.6. The normalized spacial score (nSPS) is 13.6. The van der Waals surface area contributed by atoms with Gasteiger partial charge in [0.15, 0.2) is 5.82 Å². The van der Waals surface area contributed by atoms with Crippen LogP contribution in [0.1, 0.15) is 43.5 Å². The van der Waals surface area contributed by atoms with Crippen LogP contribution in [0.5, 0.6) is 0 Å². The van der Waals surface area contributed by atoms with Gasteiger partial charge in [0.05, 0.1) is 12.2 Å². The fourth-order valence-corrected chi connectivity index (χ4v) is 2.22. The minimum atomic E-state index is -0.0785. The Morgan fingerprint density at radius 2 is 2.10 bits per heavy atom. The number of aromatic nitrogens is 2. The van der Waals surface area contributed by atoms with Crippen LogP contribution in [0.4, 0.5) is 5.82 Å². The van der Waals surface area contributed by atoms with Crippen LogP contribution in [0, 0.1) is 17.2 Å². The highest BCUT2D eigenvalue weighted by molar-refractivity contribution is 5.80. The summed E-state index contributed by atoms with van der Waals surface area (Å²) >= 11 is 0. The predicted molar refractivity (Wildman–Crippen MR) is 79.7 cm³/mol. The minimum Gasteiger partial charge on any atom is -0.358 e. The summed E-state index contributed by atoms with van der Waals surface area (Å²) in [4.78, 5) is 11.7. The molecule has 0 unspecified atom stereocenters. The number of nitrogens with zero attached hydrogens (tertiary/aromatic N) is 3. The molecule has 1 fully saturated rings. The van der Waals surface area contributed by atoms with Gasteiger partial charge in [0.2, 0.25) is 5.91 Å². The second-order valence-corrected chi connectivity index (χ2v) is 5.27. The molecular weight excluding hydrogens is 266 g/mol. The van der Waals surface area contributed by atoms with Gasteiger partial charge >= 0.3 is 0 Å². The molecule has 1 heterocycles. The van der Waals surface area contributed by atoms with Gasteiger partial charge in [-0.05, 0) is 37.2 Å². The number of amides is 1. The van der Waals surface area contributed by atoms with E-state index in [2.05, 4.69) is 26.9 Å². The highest BCUT2D eigenvalue weighted by Gasteiger charge is 2.21. The number of anilines is 1. The number of nitrogens with one attached hydrogen (secondary N) is 2. The molecule has 112 valence electrons. The monoisotopic (exact) mass is 287 g/mol. The van der Waals surface area contributed by atoms with Gasteiger partial charge in [0.25, 0.3) is 0 Å². The number of hydrogen-bond acceptors (Lipinski definition) is 5. The molecule has 21 heavy (non-hydrogen) atoms. The molecule has 0 aliphatic heterocycles. The highest BCUT2D eigenvalue weighted by atomic mass is 16.1. The van der Waals surface area contributed by atoms with Gasteiger partial charge in [0, 0.05) is 6.54 Å². The van der Waals surface area contributed by atoms with Crippen molar-refractivity contribution in [2.24, 2.45) is 5.92 Å². The van der Waals surface area contributed by atoms with Gasteiger partial charge in [0.1, 0.15) is 11.6 Å². The summed E-state index contributed by atoms with van der Waals surface area (Å²) in [5.74, 6) is 0.970. The largest absolute Gasteiger partial charge is 0.358 e. The Hall–Kier alpha value is -2.16. The van der Waals surface area contributed by atoms with Gasteiger partial charge in [-0.3, -0.25) is 4.79 Å². The van der Waals surface area contributed by atoms with E-state index < -0.39 is 0 Å². The summed E-state index contributed by atoms with van der Waals surface area (Å²) in [6.07, 6.45) is 3.88. The predicted octanol–water partition coefficient (Wildman–Crippen LogP) is 1.41. The second kappa shape index (κ2) is 7.02. The van der Waals surface area contributed by atoms with E-state index in [1.807, 2.05) is 13.8 Å². The average molecular weight is 287 g/mol. The van der Waals surface area contributed by atoms with Crippen molar-refractivity contribution in [3.63, 3.8) is 0 Å². The van der Waals surface area contributed by atoms with Crippen molar-refractivity contribution in [2.75, 3.05) is 18.4 Å². The number of nitriles is 1. The molecule has 6 nitrogen and oxygen atoms in total. The topological polar surface area (TPSA) is 90.7 Å². The summed E-state index contributed by atoms with van der Waals surface area (Å²) < 4.78 is 0. The standard InChI is InChI=1S/C15H21N5O/c1-3-11-12(7-16)15(20-19-13(11)4-2)18-9-14(21)17-8-10-5-6-10/h10H,3-6,8-9H2,1-2H3,(H,17,21)(H,18,20). The molecule has 0 bridgehead atoms. The van der Waals surface area contributed by atoms with Crippen LogP contribution in [-0.4, -0.2) is 29.2 Å². The van der Waals surface area contributed by atoms with Crippen molar-refractivity contribution in [3.8, 4) is 6.07 Å². The van der Waals surface area contributed by atoms with Crippen LogP contribution in [0.2, 0.25) is 0 Å². The van der Waals surface area contributed by atoms with E-state index in [0.717, 1.165) is 30.6 Å². The first-order chi connectivity index (χ1) is 10.2. The third kappa shape index (κ3) is 3.91. The molecule has 0 radical (unpaired) electrons. The highest BCUT2D eigenvalue weighted by Crippen LogP contribution is 2.27. The molecule has 2 rings (SSSR count). The lowest BCUT2D eigenvalue weighted by atomic mass is 10.0. The number of hydrogen-bond donors (Lipinski definition) is 2. The molecule has 6 heteroatoms. The van der Waals surface area contributed by atoms with E-state index in [0.29, 0.717) is 17.3 Å². The Morgan fingerprint density at radius 1 is 1.33 bits per heavy atom.